The van der Waals surface area contributed by atoms with Gasteiger partial charge in [-0.3, -0.25) is 0 Å². The van der Waals surface area contributed by atoms with Crippen LogP contribution in [0.3, 0.4) is 0 Å². The van der Waals surface area contributed by atoms with E-state index in [1.54, 1.807) is 0 Å². The van der Waals surface area contributed by atoms with E-state index in [2.05, 4.69) is 257 Å². The van der Waals surface area contributed by atoms with Gasteiger partial charge in [0.2, 0.25) is 0 Å². The Balaban J connectivity index is 0.991. The Bertz CT molecular complexity index is 3240. The molecule has 9 aromatic rings. The first-order chi connectivity index (χ1) is 31.3. The van der Waals surface area contributed by atoms with Crippen molar-refractivity contribution in [2.24, 2.45) is 0 Å². The third-order valence-corrected chi connectivity index (χ3v) is 14.7. The van der Waals surface area contributed by atoms with Crippen LogP contribution in [0, 0.1) is 0 Å². The SMILES string of the molecule is CC1(C)C2=C(c3ccccc31)C(C)(C)c1cc(-c3ccc(N(c4ccc(-c5ccccc5)cc4)c4ccc5c(c4)C(c4ccccc4)(c4ccccc4)c4ccccc4-5)cc3)ccc12. The summed E-state index contributed by atoms with van der Waals surface area (Å²) in [5.41, 5.74) is 23.9. The van der Waals surface area contributed by atoms with E-state index in [9.17, 15) is 0 Å². The first-order valence-corrected chi connectivity index (χ1v) is 22.7. The summed E-state index contributed by atoms with van der Waals surface area (Å²) in [6, 6.07) is 83.5. The summed E-state index contributed by atoms with van der Waals surface area (Å²) in [5, 5.41) is 0. The number of hydrogen-bond donors (Lipinski definition) is 0. The van der Waals surface area contributed by atoms with E-state index in [0.717, 1.165) is 17.1 Å². The molecule has 64 heavy (non-hydrogen) atoms. The maximum absolute atomic E-state index is 2.46. The minimum Gasteiger partial charge on any atom is -0.310 e. The van der Waals surface area contributed by atoms with Gasteiger partial charge in [-0.25, -0.2) is 0 Å². The zero-order chi connectivity index (χ0) is 43.2. The Kier molecular flexibility index (Phi) is 8.52. The highest BCUT2D eigenvalue weighted by molar-refractivity contribution is 6.09. The van der Waals surface area contributed by atoms with Crippen LogP contribution >= 0.6 is 0 Å². The first-order valence-electron chi connectivity index (χ1n) is 22.7. The minimum atomic E-state index is -0.495. The fourth-order valence-corrected chi connectivity index (χ4v) is 11.8. The second-order valence-electron chi connectivity index (χ2n) is 18.9. The van der Waals surface area contributed by atoms with Crippen molar-refractivity contribution in [1.82, 2.24) is 0 Å². The molecule has 9 aromatic carbocycles. The lowest BCUT2D eigenvalue weighted by molar-refractivity contribution is 0.694. The fraction of sp³-hybridized carbons (Fsp3) is 0.111. The van der Waals surface area contributed by atoms with Crippen molar-refractivity contribution in [2.45, 2.75) is 43.9 Å². The van der Waals surface area contributed by atoms with Gasteiger partial charge in [0.05, 0.1) is 5.41 Å². The molecule has 0 N–H and O–H groups in total. The van der Waals surface area contributed by atoms with E-state index < -0.39 is 5.41 Å². The fourth-order valence-electron chi connectivity index (χ4n) is 11.8. The maximum Gasteiger partial charge on any atom is 0.0714 e. The lowest BCUT2D eigenvalue weighted by atomic mass is 9.67. The molecular weight excluding hydrogens is 771 g/mol. The first kappa shape index (κ1) is 38.2. The van der Waals surface area contributed by atoms with E-state index in [-0.39, 0.29) is 10.8 Å². The Morgan fingerprint density at radius 2 is 0.688 bits per heavy atom. The van der Waals surface area contributed by atoms with Crippen molar-refractivity contribution >= 4 is 28.2 Å². The molecule has 3 aliphatic carbocycles. The van der Waals surface area contributed by atoms with E-state index in [0.29, 0.717) is 0 Å². The van der Waals surface area contributed by atoms with Gasteiger partial charge in [0.15, 0.2) is 0 Å². The summed E-state index contributed by atoms with van der Waals surface area (Å²) in [7, 11) is 0. The van der Waals surface area contributed by atoms with Gasteiger partial charge in [0.1, 0.15) is 0 Å². The van der Waals surface area contributed by atoms with Crippen molar-refractivity contribution < 1.29 is 0 Å². The normalized spacial score (nSPS) is 15.5. The van der Waals surface area contributed by atoms with Gasteiger partial charge >= 0.3 is 0 Å². The maximum atomic E-state index is 2.46. The van der Waals surface area contributed by atoms with Crippen molar-refractivity contribution in [1.29, 1.82) is 0 Å². The Morgan fingerprint density at radius 1 is 0.281 bits per heavy atom. The zero-order valence-electron chi connectivity index (χ0n) is 36.8. The van der Waals surface area contributed by atoms with E-state index in [1.807, 2.05) is 0 Å². The average Bonchev–Trinajstić information content (AvgIpc) is 3.88. The lowest BCUT2D eigenvalue weighted by Gasteiger charge is -2.35. The number of allylic oxidation sites excluding steroid dienone is 2. The monoisotopic (exact) mass is 819 g/mol. The molecule has 0 amide bonds. The van der Waals surface area contributed by atoms with Crippen molar-refractivity contribution in [3.05, 3.63) is 269 Å². The average molecular weight is 820 g/mol. The predicted octanol–water partition coefficient (Wildman–Crippen LogP) is 16.3. The Labute approximate surface area is 377 Å². The molecular formula is C63H49N. The Hall–Kier alpha value is -7.48. The Morgan fingerprint density at radius 3 is 1.30 bits per heavy atom. The molecule has 306 valence electrons. The highest BCUT2D eigenvalue weighted by Gasteiger charge is 2.50. The zero-order valence-corrected chi connectivity index (χ0v) is 36.8. The molecule has 0 atom stereocenters. The molecule has 0 heterocycles. The summed E-state index contributed by atoms with van der Waals surface area (Å²) in [4.78, 5) is 2.43. The van der Waals surface area contributed by atoms with E-state index in [1.165, 1.54) is 89.0 Å². The molecule has 12 rings (SSSR count). The second kappa shape index (κ2) is 14.3. The number of benzene rings is 9. The molecule has 0 unspecified atom stereocenters. The number of nitrogens with zero attached hydrogens (tertiary/aromatic N) is 1. The van der Waals surface area contributed by atoms with Crippen LogP contribution in [0.1, 0.15) is 72.2 Å². The highest BCUT2D eigenvalue weighted by Crippen LogP contribution is 2.63. The largest absolute Gasteiger partial charge is 0.310 e. The summed E-state index contributed by atoms with van der Waals surface area (Å²) in [6.07, 6.45) is 0. The van der Waals surface area contributed by atoms with Crippen molar-refractivity contribution in [2.75, 3.05) is 4.90 Å². The molecule has 1 nitrogen and oxygen atoms in total. The van der Waals surface area contributed by atoms with Gasteiger partial charge in [-0.15, -0.1) is 0 Å². The number of hydrogen-bond acceptors (Lipinski definition) is 1. The summed E-state index contributed by atoms with van der Waals surface area (Å²) >= 11 is 0. The molecule has 0 saturated carbocycles. The quantitative estimate of drug-likeness (QED) is 0.155. The number of fused-ring (bicyclic) bond motifs is 7. The molecule has 0 saturated heterocycles. The third-order valence-electron chi connectivity index (χ3n) is 14.7. The minimum absolute atomic E-state index is 0.0391. The van der Waals surface area contributed by atoms with Crippen molar-refractivity contribution in [3.63, 3.8) is 0 Å². The van der Waals surface area contributed by atoms with Gasteiger partial charge in [-0.2, -0.15) is 0 Å². The van der Waals surface area contributed by atoms with Gasteiger partial charge in [-0.1, -0.05) is 210 Å². The van der Waals surface area contributed by atoms with Crippen LogP contribution in [0.4, 0.5) is 17.1 Å². The number of rotatable bonds is 7. The molecule has 0 aliphatic heterocycles. The van der Waals surface area contributed by atoms with Gasteiger partial charge < -0.3 is 4.90 Å². The number of anilines is 3. The van der Waals surface area contributed by atoms with Crippen molar-refractivity contribution in [3.8, 4) is 33.4 Å². The predicted molar refractivity (Wildman–Crippen MR) is 269 cm³/mol. The molecule has 0 radical (unpaired) electrons. The van der Waals surface area contributed by atoms with Crippen LogP contribution < -0.4 is 4.90 Å². The highest BCUT2D eigenvalue weighted by atomic mass is 15.1. The molecule has 1 heteroatoms. The van der Waals surface area contributed by atoms with Crippen LogP contribution in [0.2, 0.25) is 0 Å². The summed E-state index contributed by atoms with van der Waals surface area (Å²) in [5.74, 6) is 0. The molecule has 0 aromatic heterocycles. The third kappa shape index (κ3) is 5.50. The molecule has 0 spiro atoms. The van der Waals surface area contributed by atoms with E-state index in [4.69, 9.17) is 0 Å². The molecule has 3 aliphatic rings. The topological polar surface area (TPSA) is 3.24 Å². The lowest BCUT2D eigenvalue weighted by Crippen LogP contribution is -2.28. The molecule has 0 bridgehead atoms. The van der Waals surface area contributed by atoms with Crippen LogP contribution in [0.5, 0.6) is 0 Å². The van der Waals surface area contributed by atoms with Crippen LogP contribution in [0.15, 0.2) is 224 Å². The van der Waals surface area contributed by atoms with Crippen LogP contribution in [0.25, 0.3) is 44.5 Å². The standard InChI is InChI=1S/C63H49N/c1-61(2)55-26-16-15-25-53(55)59-60(61)54-38-32-45(40-57(54)62(59,3)4)44-30-35-49(36-31-44)64(48-33-28-43(29-34-48)42-18-8-5-9-19-42)50-37-39-52-51-24-14-17-27-56(51)63(58(52)41-50,46-20-10-6-11-21-46)47-22-12-7-13-23-47/h5-41H,1-4H3. The van der Waals surface area contributed by atoms with Gasteiger partial charge in [-0.05, 0) is 131 Å². The van der Waals surface area contributed by atoms with Crippen LogP contribution in [-0.2, 0) is 16.2 Å². The summed E-state index contributed by atoms with van der Waals surface area (Å²) < 4.78 is 0. The molecule has 0 fully saturated rings. The van der Waals surface area contributed by atoms with E-state index >= 15 is 0 Å². The summed E-state index contributed by atoms with van der Waals surface area (Å²) in [6.45, 7) is 9.63. The van der Waals surface area contributed by atoms with Gasteiger partial charge in [0, 0.05) is 27.9 Å². The smallest absolute Gasteiger partial charge is 0.0714 e. The second-order valence-corrected chi connectivity index (χ2v) is 18.9. The van der Waals surface area contributed by atoms with Gasteiger partial charge in [0.25, 0.3) is 0 Å². The van der Waals surface area contributed by atoms with Crippen LogP contribution in [-0.4, -0.2) is 0 Å².